The van der Waals surface area contributed by atoms with Gasteiger partial charge in [0.25, 0.3) is 15.9 Å². The number of carbonyl (C=O) groups excluding carboxylic acids is 1. The third-order valence-corrected chi connectivity index (χ3v) is 6.53. The van der Waals surface area contributed by atoms with Crippen LogP contribution in [0.15, 0.2) is 65.6 Å². The van der Waals surface area contributed by atoms with Gasteiger partial charge in [0, 0.05) is 28.9 Å². The Labute approximate surface area is 195 Å². The van der Waals surface area contributed by atoms with Crippen LogP contribution in [0.2, 0.25) is 10.0 Å². The normalized spacial score (nSPS) is 13.2. The molecule has 0 unspecified atom stereocenters. The Kier molecular flexibility index (Phi) is 6.45. The van der Waals surface area contributed by atoms with Crippen molar-refractivity contribution in [2.24, 2.45) is 0 Å². The average Bonchev–Trinajstić information content (AvgIpc) is 3.00. The minimum atomic E-state index is -3.85. The molecule has 10 heteroatoms. The van der Waals surface area contributed by atoms with E-state index in [0.717, 1.165) is 6.42 Å². The van der Waals surface area contributed by atoms with Gasteiger partial charge in [-0.3, -0.25) is 9.52 Å². The quantitative estimate of drug-likeness (QED) is 0.509. The summed E-state index contributed by atoms with van der Waals surface area (Å²) in [6.45, 7) is 0.975. The molecule has 166 valence electrons. The summed E-state index contributed by atoms with van der Waals surface area (Å²) in [5.41, 5.74) is 1.08. The fourth-order valence-electron chi connectivity index (χ4n) is 3.02. The van der Waals surface area contributed by atoms with Crippen molar-refractivity contribution in [2.45, 2.75) is 11.3 Å². The van der Waals surface area contributed by atoms with Crippen LogP contribution in [0.3, 0.4) is 0 Å². The van der Waals surface area contributed by atoms with Crippen LogP contribution in [0.4, 0.5) is 11.4 Å². The highest BCUT2D eigenvalue weighted by Gasteiger charge is 2.19. The molecule has 1 aliphatic heterocycles. The number of halogens is 2. The van der Waals surface area contributed by atoms with Crippen molar-refractivity contribution in [2.75, 3.05) is 23.3 Å². The first-order valence-corrected chi connectivity index (χ1v) is 11.8. The molecule has 0 aliphatic carbocycles. The topological polar surface area (TPSA) is 93.7 Å². The summed E-state index contributed by atoms with van der Waals surface area (Å²) in [7, 11) is -3.85. The molecule has 0 aromatic heterocycles. The van der Waals surface area contributed by atoms with Crippen LogP contribution >= 0.6 is 23.2 Å². The SMILES string of the molecule is O=C(Nc1ccc(NS(=O)(=O)c2ccc3c(c2)OCCCO3)cc1)c1ccc(Cl)cc1Cl. The predicted octanol–water partition coefficient (Wildman–Crippen LogP) is 5.21. The minimum Gasteiger partial charge on any atom is -0.490 e. The van der Waals surface area contributed by atoms with Gasteiger partial charge in [0.05, 0.1) is 28.7 Å². The number of anilines is 2. The molecule has 0 spiro atoms. The molecular formula is C22H18Cl2N2O5S. The first kappa shape index (κ1) is 22.3. The minimum absolute atomic E-state index is 0.0523. The lowest BCUT2D eigenvalue weighted by atomic mass is 10.2. The Morgan fingerprint density at radius 3 is 2.25 bits per heavy atom. The molecule has 1 aliphatic rings. The van der Waals surface area contributed by atoms with Crippen molar-refractivity contribution in [1.29, 1.82) is 0 Å². The van der Waals surface area contributed by atoms with E-state index in [1.807, 2.05) is 0 Å². The van der Waals surface area contributed by atoms with Crippen molar-refractivity contribution in [3.63, 3.8) is 0 Å². The average molecular weight is 493 g/mol. The smallest absolute Gasteiger partial charge is 0.262 e. The Bertz CT molecular complexity index is 1260. The standard InChI is InChI=1S/C22H18Cl2N2O5S/c23-14-2-8-18(19(24)12-14)22(27)25-15-3-5-16(6-4-15)26-32(28,29)17-7-9-20-21(13-17)31-11-1-10-30-20/h2-9,12-13,26H,1,10-11H2,(H,25,27). The molecule has 0 saturated heterocycles. The summed E-state index contributed by atoms with van der Waals surface area (Å²) < 4.78 is 39.2. The number of nitrogens with one attached hydrogen (secondary N) is 2. The van der Waals surface area contributed by atoms with E-state index in [-0.39, 0.29) is 15.5 Å². The molecule has 0 radical (unpaired) electrons. The van der Waals surface area contributed by atoms with Gasteiger partial charge in [-0.05, 0) is 54.6 Å². The number of hydrogen-bond acceptors (Lipinski definition) is 5. The van der Waals surface area contributed by atoms with Gasteiger partial charge in [0.2, 0.25) is 0 Å². The summed E-state index contributed by atoms with van der Waals surface area (Å²) >= 11 is 11.9. The molecule has 0 atom stereocenters. The van der Waals surface area contributed by atoms with Gasteiger partial charge < -0.3 is 14.8 Å². The number of sulfonamides is 1. The number of rotatable bonds is 5. The summed E-state index contributed by atoms with van der Waals surface area (Å²) in [5, 5.41) is 3.36. The largest absolute Gasteiger partial charge is 0.490 e. The zero-order valence-corrected chi connectivity index (χ0v) is 18.9. The first-order chi connectivity index (χ1) is 15.3. The molecule has 1 amide bonds. The van der Waals surface area contributed by atoms with Crippen molar-refractivity contribution in [3.05, 3.63) is 76.3 Å². The van der Waals surface area contributed by atoms with Crippen molar-refractivity contribution in [3.8, 4) is 11.5 Å². The van der Waals surface area contributed by atoms with E-state index in [1.54, 1.807) is 36.4 Å². The maximum absolute atomic E-state index is 12.8. The number of carbonyl (C=O) groups is 1. The highest BCUT2D eigenvalue weighted by Crippen LogP contribution is 2.32. The van der Waals surface area contributed by atoms with Crippen LogP contribution in [0.25, 0.3) is 0 Å². The van der Waals surface area contributed by atoms with Gasteiger partial charge in [-0.2, -0.15) is 0 Å². The molecule has 4 rings (SSSR count). The zero-order valence-electron chi connectivity index (χ0n) is 16.6. The Morgan fingerprint density at radius 1 is 0.844 bits per heavy atom. The van der Waals surface area contributed by atoms with Crippen LogP contribution in [-0.2, 0) is 10.0 Å². The lowest BCUT2D eigenvalue weighted by molar-refractivity contribution is 0.102. The number of hydrogen-bond donors (Lipinski definition) is 2. The lowest BCUT2D eigenvalue weighted by Gasteiger charge is -2.12. The van der Waals surface area contributed by atoms with E-state index in [0.29, 0.717) is 41.1 Å². The lowest BCUT2D eigenvalue weighted by Crippen LogP contribution is -2.14. The Hall–Kier alpha value is -2.94. The highest BCUT2D eigenvalue weighted by atomic mass is 35.5. The molecule has 0 bridgehead atoms. The molecule has 32 heavy (non-hydrogen) atoms. The van der Waals surface area contributed by atoms with Gasteiger partial charge in [-0.25, -0.2) is 8.42 Å². The highest BCUT2D eigenvalue weighted by molar-refractivity contribution is 7.92. The summed E-state index contributed by atoms with van der Waals surface area (Å²) in [4.78, 5) is 12.5. The Balaban J connectivity index is 1.46. The summed E-state index contributed by atoms with van der Waals surface area (Å²) in [5.74, 6) is 0.499. The van der Waals surface area contributed by atoms with Crippen molar-refractivity contribution in [1.82, 2.24) is 0 Å². The number of fused-ring (bicyclic) bond motifs is 1. The molecule has 0 saturated carbocycles. The summed E-state index contributed by atoms with van der Waals surface area (Å²) in [6, 6.07) is 15.3. The maximum Gasteiger partial charge on any atom is 0.262 e. The van der Waals surface area contributed by atoms with E-state index in [2.05, 4.69) is 10.0 Å². The van der Waals surface area contributed by atoms with E-state index in [1.165, 1.54) is 24.3 Å². The van der Waals surface area contributed by atoms with Gasteiger partial charge in [0.1, 0.15) is 0 Å². The molecule has 7 nitrogen and oxygen atoms in total. The molecule has 0 fully saturated rings. The molecule has 3 aromatic rings. The molecule has 1 heterocycles. The second-order valence-corrected chi connectivity index (χ2v) is 9.45. The third-order valence-electron chi connectivity index (χ3n) is 4.60. The molecule has 2 N–H and O–H groups in total. The summed E-state index contributed by atoms with van der Waals surface area (Å²) in [6.07, 6.45) is 0.724. The van der Waals surface area contributed by atoms with Crippen LogP contribution in [0, 0.1) is 0 Å². The first-order valence-electron chi connectivity index (χ1n) is 9.61. The third kappa shape index (κ3) is 5.09. The maximum atomic E-state index is 12.8. The van der Waals surface area contributed by atoms with E-state index in [9.17, 15) is 13.2 Å². The molecule has 3 aromatic carbocycles. The predicted molar refractivity (Wildman–Crippen MR) is 124 cm³/mol. The number of ether oxygens (including phenoxy) is 2. The second kappa shape index (κ2) is 9.28. The van der Waals surface area contributed by atoms with Crippen molar-refractivity contribution >= 4 is 50.5 Å². The van der Waals surface area contributed by atoms with Gasteiger partial charge >= 0.3 is 0 Å². The Morgan fingerprint density at radius 2 is 1.53 bits per heavy atom. The number of benzene rings is 3. The van der Waals surface area contributed by atoms with Crippen LogP contribution in [0.5, 0.6) is 11.5 Å². The van der Waals surface area contributed by atoms with Gasteiger partial charge in [0.15, 0.2) is 11.5 Å². The van der Waals surface area contributed by atoms with E-state index >= 15 is 0 Å². The fourth-order valence-corrected chi connectivity index (χ4v) is 4.59. The monoisotopic (exact) mass is 492 g/mol. The van der Waals surface area contributed by atoms with Crippen molar-refractivity contribution < 1.29 is 22.7 Å². The fraction of sp³-hybridized carbons (Fsp3) is 0.136. The van der Waals surface area contributed by atoms with Crippen LogP contribution in [-0.4, -0.2) is 27.5 Å². The zero-order chi connectivity index (χ0) is 22.7. The van der Waals surface area contributed by atoms with Crippen LogP contribution < -0.4 is 19.5 Å². The van der Waals surface area contributed by atoms with Gasteiger partial charge in [-0.1, -0.05) is 23.2 Å². The van der Waals surface area contributed by atoms with Crippen LogP contribution in [0.1, 0.15) is 16.8 Å². The van der Waals surface area contributed by atoms with E-state index in [4.69, 9.17) is 32.7 Å². The second-order valence-electron chi connectivity index (χ2n) is 6.92. The number of amides is 1. The van der Waals surface area contributed by atoms with E-state index < -0.39 is 15.9 Å². The van der Waals surface area contributed by atoms with Gasteiger partial charge in [-0.15, -0.1) is 0 Å². The molecular weight excluding hydrogens is 475 g/mol.